The van der Waals surface area contributed by atoms with Gasteiger partial charge >= 0.3 is 0 Å². The Balaban J connectivity index is 1.79. The summed E-state index contributed by atoms with van der Waals surface area (Å²) in [4.78, 5) is 12.5. The van der Waals surface area contributed by atoms with Crippen LogP contribution in [0.15, 0.2) is 0 Å². The monoisotopic (exact) mass is 153 g/mol. The van der Waals surface area contributed by atoms with Crippen LogP contribution < -0.4 is 0 Å². The molecule has 1 spiro atoms. The molecule has 0 amide bonds. The fraction of sp³-hybridized carbons (Fsp3) is 0.889. The molecule has 0 unspecified atom stereocenters. The van der Waals surface area contributed by atoms with E-state index in [1.54, 1.807) is 0 Å². The van der Waals surface area contributed by atoms with Gasteiger partial charge < -0.3 is 4.79 Å². The van der Waals surface area contributed by atoms with Gasteiger partial charge in [-0.1, -0.05) is 0 Å². The van der Waals surface area contributed by atoms with E-state index in [9.17, 15) is 4.79 Å². The highest BCUT2D eigenvalue weighted by Gasteiger charge is 2.44. The maximum atomic E-state index is 10.2. The molecule has 1 heterocycles. The van der Waals surface area contributed by atoms with Gasteiger partial charge in [0.2, 0.25) is 0 Å². The average molecular weight is 153 g/mol. The zero-order chi connectivity index (χ0) is 7.73. The molecule has 1 saturated carbocycles. The van der Waals surface area contributed by atoms with E-state index in [1.165, 1.54) is 25.7 Å². The highest BCUT2D eigenvalue weighted by molar-refractivity contribution is 5.51. The van der Waals surface area contributed by atoms with E-state index < -0.39 is 0 Å². The van der Waals surface area contributed by atoms with Gasteiger partial charge in [-0.25, -0.2) is 0 Å². The summed E-state index contributed by atoms with van der Waals surface area (Å²) < 4.78 is 0. The Labute approximate surface area is 67.6 Å². The van der Waals surface area contributed by atoms with Gasteiger partial charge in [-0.2, -0.15) is 0 Å². The van der Waals surface area contributed by atoms with Crippen LogP contribution in [-0.2, 0) is 4.79 Å². The molecular formula is C9H15NO. The maximum Gasteiger partial charge on any atom is 0.133 e. The topological polar surface area (TPSA) is 20.3 Å². The molecule has 0 aromatic rings. The van der Waals surface area contributed by atoms with E-state index in [1.807, 2.05) is 0 Å². The van der Waals surface area contributed by atoms with Gasteiger partial charge in [-0.05, 0) is 44.2 Å². The van der Waals surface area contributed by atoms with Crippen LogP contribution in [0, 0.1) is 5.41 Å². The second-order valence-electron chi connectivity index (χ2n) is 3.97. The predicted molar refractivity (Wildman–Crippen MR) is 43.4 cm³/mol. The van der Waals surface area contributed by atoms with Gasteiger partial charge in [0.1, 0.15) is 6.29 Å². The molecular weight excluding hydrogens is 138 g/mol. The molecule has 62 valence electrons. The van der Waals surface area contributed by atoms with Crippen LogP contribution in [0.5, 0.6) is 0 Å². The molecule has 0 N–H and O–H groups in total. The number of piperidine rings is 1. The van der Waals surface area contributed by atoms with Gasteiger partial charge in [-0.3, -0.25) is 4.90 Å². The van der Waals surface area contributed by atoms with Crippen molar-refractivity contribution in [2.45, 2.75) is 25.7 Å². The zero-order valence-electron chi connectivity index (χ0n) is 6.88. The largest absolute Gasteiger partial charge is 0.302 e. The normalized spacial score (nSPS) is 28.7. The first-order valence-corrected chi connectivity index (χ1v) is 4.51. The molecule has 2 nitrogen and oxygen atoms in total. The number of hydrogen-bond donors (Lipinski definition) is 0. The summed E-state index contributed by atoms with van der Waals surface area (Å²) >= 11 is 0. The van der Waals surface area contributed by atoms with Crippen LogP contribution in [0.3, 0.4) is 0 Å². The molecule has 0 aromatic heterocycles. The zero-order valence-corrected chi connectivity index (χ0v) is 6.88. The maximum absolute atomic E-state index is 10.2. The molecule has 2 rings (SSSR count). The highest BCUT2D eigenvalue weighted by atomic mass is 16.1. The van der Waals surface area contributed by atoms with Gasteiger partial charge in [0.25, 0.3) is 0 Å². The van der Waals surface area contributed by atoms with Crippen molar-refractivity contribution in [1.82, 2.24) is 4.90 Å². The Kier molecular flexibility index (Phi) is 1.72. The molecule has 1 aliphatic carbocycles. The summed E-state index contributed by atoms with van der Waals surface area (Å²) in [5, 5.41) is 0. The van der Waals surface area contributed by atoms with Crippen LogP contribution in [0.1, 0.15) is 25.7 Å². The Morgan fingerprint density at radius 1 is 1.18 bits per heavy atom. The Hall–Kier alpha value is -0.370. The predicted octanol–water partition coefficient (Wildman–Crippen LogP) is 1.06. The lowest BCUT2D eigenvalue weighted by atomic mass is 9.94. The number of nitrogens with zero attached hydrogens (tertiary/aromatic N) is 1. The third-order valence-corrected chi connectivity index (χ3v) is 3.21. The van der Waals surface area contributed by atoms with Crippen LogP contribution in [0.25, 0.3) is 0 Å². The van der Waals surface area contributed by atoms with Crippen LogP contribution >= 0.6 is 0 Å². The summed E-state index contributed by atoms with van der Waals surface area (Å²) in [6, 6.07) is 0. The average Bonchev–Trinajstić information content (AvgIpc) is 2.76. The highest BCUT2D eigenvalue weighted by Crippen LogP contribution is 2.53. The lowest BCUT2D eigenvalue weighted by molar-refractivity contribution is -0.109. The number of carbonyl (C=O) groups excluding carboxylic acids is 1. The van der Waals surface area contributed by atoms with Crippen molar-refractivity contribution in [2.24, 2.45) is 5.41 Å². The molecule has 0 radical (unpaired) electrons. The van der Waals surface area contributed by atoms with Gasteiger partial charge in [0, 0.05) is 0 Å². The standard InChI is InChI=1S/C9H15NO/c11-8-7-10-5-3-9(1-2-9)4-6-10/h8H,1-7H2. The summed E-state index contributed by atoms with van der Waals surface area (Å²) in [6.07, 6.45) is 6.58. The summed E-state index contributed by atoms with van der Waals surface area (Å²) in [5.74, 6) is 0. The molecule has 0 atom stereocenters. The summed E-state index contributed by atoms with van der Waals surface area (Å²) in [6.45, 7) is 2.95. The minimum Gasteiger partial charge on any atom is -0.302 e. The van der Waals surface area contributed by atoms with Crippen molar-refractivity contribution >= 4 is 6.29 Å². The quantitative estimate of drug-likeness (QED) is 0.553. The SMILES string of the molecule is O=CCN1CCC2(CC1)CC2. The molecule has 1 saturated heterocycles. The van der Waals surface area contributed by atoms with Crippen LogP contribution in [-0.4, -0.2) is 30.8 Å². The van der Waals surface area contributed by atoms with E-state index in [4.69, 9.17) is 0 Å². The molecule has 0 bridgehead atoms. The number of aldehydes is 1. The second-order valence-corrected chi connectivity index (χ2v) is 3.97. The molecule has 2 heteroatoms. The number of hydrogen-bond acceptors (Lipinski definition) is 2. The lowest BCUT2D eigenvalue weighted by Crippen LogP contribution is -2.35. The van der Waals surface area contributed by atoms with Crippen molar-refractivity contribution in [3.05, 3.63) is 0 Å². The molecule has 2 fully saturated rings. The van der Waals surface area contributed by atoms with Crippen molar-refractivity contribution in [1.29, 1.82) is 0 Å². The van der Waals surface area contributed by atoms with Crippen molar-refractivity contribution in [2.75, 3.05) is 19.6 Å². The van der Waals surface area contributed by atoms with E-state index in [0.29, 0.717) is 6.54 Å². The van der Waals surface area contributed by atoms with Gasteiger partial charge in [0.05, 0.1) is 6.54 Å². The number of rotatable bonds is 2. The van der Waals surface area contributed by atoms with Crippen LogP contribution in [0.4, 0.5) is 0 Å². The second kappa shape index (κ2) is 2.59. The smallest absolute Gasteiger partial charge is 0.133 e. The van der Waals surface area contributed by atoms with E-state index >= 15 is 0 Å². The minimum atomic E-state index is 0.649. The van der Waals surface area contributed by atoms with E-state index in [0.717, 1.165) is 24.8 Å². The number of carbonyl (C=O) groups is 1. The van der Waals surface area contributed by atoms with Crippen molar-refractivity contribution in [3.63, 3.8) is 0 Å². The summed E-state index contributed by atoms with van der Waals surface area (Å²) in [7, 11) is 0. The first-order chi connectivity index (χ1) is 5.35. The first-order valence-electron chi connectivity index (χ1n) is 4.51. The lowest BCUT2D eigenvalue weighted by Gasteiger charge is -2.30. The molecule has 1 aliphatic heterocycles. The van der Waals surface area contributed by atoms with Crippen molar-refractivity contribution in [3.8, 4) is 0 Å². The molecule has 2 aliphatic rings. The fourth-order valence-corrected chi connectivity index (χ4v) is 1.99. The van der Waals surface area contributed by atoms with Crippen molar-refractivity contribution < 1.29 is 4.79 Å². The fourth-order valence-electron chi connectivity index (χ4n) is 1.99. The molecule has 0 aromatic carbocycles. The Bertz CT molecular complexity index is 153. The Morgan fingerprint density at radius 3 is 2.27 bits per heavy atom. The molecule has 11 heavy (non-hydrogen) atoms. The van der Waals surface area contributed by atoms with E-state index in [-0.39, 0.29) is 0 Å². The third kappa shape index (κ3) is 1.45. The van der Waals surface area contributed by atoms with Crippen LogP contribution in [0.2, 0.25) is 0 Å². The van der Waals surface area contributed by atoms with Gasteiger partial charge in [-0.15, -0.1) is 0 Å². The Morgan fingerprint density at radius 2 is 1.82 bits per heavy atom. The summed E-state index contributed by atoms with van der Waals surface area (Å²) in [5.41, 5.74) is 0.749. The van der Waals surface area contributed by atoms with Gasteiger partial charge in [0.15, 0.2) is 0 Å². The first kappa shape index (κ1) is 7.29. The third-order valence-electron chi connectivity index (χ3n) is 3.21. The number of likely N-dealkylation sites (tertiary alicyclic amines) is 1. The minimum absolute atomic E-state index is 0.649. The van der Waals surface area contributed by atoms with E-state index in [2.05, 4.69) is 4.90 Å².